The maximum atomic E-state index is 14.0. The molecule has 3 aromatic rings. The third-order valence-corrected chi connectivity index (χ3v) is 8.50. The van der Waals surface area contributed by atoms with E-state index in [-0.39, 0.29) is 17.6 Å². The molecule has 0 saturated heterocycles. The first kappa shape index (κ1) is 28.4. The first-order valence-electron chi connectivity index (χ1n) is 13.4. The third-order valence-electron chi connectivity index (χ3n) is 7.76. The minimum absolute atomic E-state index is 0.0209. The predicted molar refractivity (Wildman–Crippen MR) is 162 cm³/mol. The number of Topliss-reactive ketones (excluding diaryl/α,β-unsaturated/α-hetero) is 1. The van der Waals surface area contributed by atoms with Gasteiger partial charge in [-0.3, -0.25) is 9.59 Å². The normalized spacial score (nSPS) is 18.4. The summed E-state index contributed by atoms with van der Waals surface area (Å²) in [6.07, 6.45) is 2.99. The van der Waals surface area contributed by atoms with Gasteiger partial charge in [0, 0.05) is 39.8 Å². The number of hydrogen-bond donors (Lipinski definition) is 2. The monoisotopic (exact) mass is 570 g/mol. The Morgan fingerprint density at radius 3 is 2.24 bits per heavy atom. The Hall–Kier alpha value is -4.17. The number of ketones is 1. The minimum Gasteiger partial charge on any atom is -0.495 e. The van der Waals surface area contributed by atoms with E-state index in [0.29, 0.717) is 46.9 Å². The summed E-state index contributed by atoms with van der Waals surface area (Å²) in [7, 11) is 4.78. The van der Waals surface area contributed by atoms with Crippen LogP contribution in [0, 0.1) is 0 Å². The quantitative estimate of drug-likeness (QED) is 0.302. The van der Waals surface area contributed by atoms with Crippen molar-refractivity contribution in [3.63, 3.8) is 0 Å². The highest BCUT2D eigenvalue weighted by Crippen LogP contribution is 2.46. The first-order chi connectivity index (χ1) is 19.9. The van der Waals surface area contributed by atoms with Crippen LogP contribution in [0.5, 0.6) is 17.2 Å². The van der Waals surface area contributed by atoms with Gasteiger partial charge in [0.05, 0.1) is 27.0 Å². The molecule has 1 aliphatic carbocycles. The molecule has 7 nitrogen and oxygen atoms in total. The SMILES string of the molecule is COc1ccccc1NC(=O)C1=C(C)NC2=C(C(=O)C[C@H](c3ccc(OC)c(OC)c3)C2)[C@@H]1c1ccc(SC)cc1. The molecule has 0 spiro atoms. The zero-order valence-electron chi connectivity index (χ0n) is 23.9. The van der Waals surface area contributed by atoms with Crippen LogP contribution in [0.3, 0.4) is 0 Å². The lowest BCUT2D eigenvalue weighted by Gasteiger charge is -2.37. The Kier molecular flexibility index (Phi) is 8.40. The summed E-state index contributed by atoms with van der Waals surface area (Å²) in [5, 5.41) is 6.48. The Bertz CT molecular complexity index is 1540. The first-order valence-corrected chi connectivity index (χ1v) is 14.6. The molecule has 0 aromatic heterocycles. The summed E-state index contributed by atoms with van der Waals surface area (Å²) < 4.78 is 16.4. The van der Waals surface area contributed by atoms with Crippen LogP contribution in [-0.4, -0.2) is 39.3 Å². The average Bonchev–Trinajstić information content (AvgIpc) is 3.00. The van der Waals surface area contributed by atoms with E-state index in [4.69, 9.17) is 14.2 Å². The number of anilines is 1. The number of amides is 1. The van der Waals surface area contributed by atoms with Gasteiger partial charge in [-0.2, -0.15) is 0 Å². The lowest BCUT2D eigenvalue weighted by molar-refractivity contribution is -0.116. The van der Waals surface area contributed by atoms with E-state index in [9.17, 15) is 9.59 Å². The molecule has 0 saturated carbocycles. The number of thioether (sulfide) groups is 1. The fourth-order valence-electron chi connectivity index (χ4n) is 5.75. The Morgan fingerprint density at radius 1 is 0.878 bits per heavy atom. The van der Waals surface area contributed by atoms with E-state index in [1.807, 2.05) is 67.8 Å². The van der Waals surface area contributed by atoms with Gasteiger partial charge in [0.1, 0.15) is 5.75 Å². The van der Waals surface area contributed by atoms with Crippen molar-refractivity contribution < 1.29 is 23.8 Å². The van der Waals surface area contributed by atoms with Gasteiger partial charge in [0.15, 0.2) is 17.3 Å². The number of benzene rings is 3. The van der Waals surface area contributed by atoms with Crippen molar-refractivity contribution in [2.45, 2.75) is 36.5 Å². The van der Waals surface area contributed by atoms with Crippen LogP contribution < -0.4 is 24.8 Å². The Morgan fingerprint density at radius 2 is 1.56 bits per heavy atom. The molecule has 0 fully saturated rings. The number of methoxy groups -OCH3 is 3. The van der Waals surface area contributed by atoms with E-state index >= 15 is 0 Å². The van der Waals surface area contributed by atoms with Gasteiger partial charge in [0.2, 0.25) is 0 Å². The fourth-order valence-corrected chi connectivity index (χ4v) is 6.16. The lowest BCUT2D eigenvalue weighted by Crippen LogP contribution is -2.37. The standard InChI is InChI=1S/C33H34N2O5S/c1-19-30(33(37)35-24-8-6-7-9-27(24)38-2)31(20-10-13-23(41-5)14-11-20)32-25(34-19)16-22(17-26(32)36)21-12-15-28(39-3)29(18-21)40-4/h6-15,18,22,31,34H,16-17H2,1-5H3,(H,35,37)/t22-,31-/m1/s1. The van der Waals surface area contributed by atoms with Crippen molar-refractivity contribution >= 4 is 29.1 Å². The van der Waals surface area contributed by atoms with E-state index in [2.05, 4.69) is 10.6 Å². The number of hydrogen-bond acceptors (Lipinski definition) is 7. The number of dihydropyridines is 1. The van der Waals surface area contributed by atoms with Gasteiger partial charge in [-0.1, -0.05) is 30.3 Å². The lowest BCUT2D eigenvalue weighted by atomic mass is 9.71. The average molecular weight is 571 g/mol. The molecule has 212 valence electrons. The molecule has 0 radical (unpaired) electrons. The van der Waals surface area contributed by atoms with Crippen LogP contribution >= 0.6 is 11.8 Å². The molecular formula is C33H34N2O5S. The van der Waals surface area contributed by atoms with Crippen molar-refractivity contribution in [3.05, 3.63) is 100 Å². The molecule has 2 aliphatic rings. The predicted octanol–water partition coefficient (Wildman–Crippen LogP) is 6.43. The zero-order valence-corrected chi connectivity index (χ0v) is 24.7. The van der Waals surface area contributed by atoms with Crippen molar-refractivity contribution in [2.75, 3.05) is 32.9 Å². The summed E-state index contributed by atoms with van der Waals surface area (Å²) in [5.74, 6) is 1.04. The smallest absolute Gasteiger partial charge is 0.254 e. The number of para-hydroxylation sites is 2. The molecular weight excluding hydrogens is 536 g/mol. The highest BCUT2D eigenvalue weighted by Gasteiger charge is 2.41. The highest BCUT2D eigenvalue weighted by atomic mass is 32.2. The number of allylic oxidation sites excluding steroid dienone is 3. The van der Waals surface area contributed by atoms with Gasteiger partial charge in [-0.05, 0) is 73.0 Å². The zero-order chi connectivity index (χ0) is 29.1. The Balaban J connectivity index is 1.55. The maximum Gasteiger partial charge on any atom is 0.254 e. The number of carbonyl (C=O) groups is 2. The van der Waals surface area contributed by atoms with E-state index in [0.717, 1.165) is 27.4 Å². The maximum absolute atomic E-state index is 14.0. The molecule has 0 unspecified atom stereocenters. The van der Waals surface area contributed by atoms with Crippen molar-refractivity contribution in [2.24, 2.45) is 0 Å². The molecule has 1 heterocycles. The van der Waals surface area contributed by atoms with Crippen LogP contribution in [0.2, 0.25) is 0 Å². The molecule has 1 amide bonds. The Labute approximate surface area is 245 Å². The summed E-state index contributed by atoms with van der Waals surface area (Å²) >= 11 is 1.65. The molecule has 41 heavy (non-hydrogen) atoms. The number of rotatable bonds is 8. The fraction of sp³-hybridized carbons (Fsp3) is 0.273. The van der Waals surface area contributed by atoms with Gasteiger partial charge in [0.25, 0.3) is 5.91 Å². The van der Waals surface area contributed by atoms with E-state index < -0.39 is 5.92 Å². The molecule has 2 N–H and O–H groups in total. The minimum atomic E-state index is -0.504. The topological polar surface area (TPSA) is 85.9 Å². The van der Waals surface area contributed by atoms with Crippen LogP contribution in [0.4, 0.5) is 5.69 Å². The van der Waals surface area contributed by atoms with Gasteiger partial charge >= 0.3 is 0 Å². The van der Waals surface area contributed by atoms with E-state index in [1.54, 1.807) is 45.2 Å². The van der Waals surface area contributed by atoms with E-state index in [1.165, 1.54) is 0 Å². The number of nitrogens with one attached hydrogen (secondary N) is 2. The van der Waals surface area contributed by atoms with Gasteiger partial charge in [-0.25, -0.2) is 0 Å². The van der Waals surface area contributed by atoms with Crippen molar-refractivity contribution in [3.8, 4) is 17.2 Å². The second-order valence-corrected chi connectivity index (χ2v) is 10.9. The molecule has 0 bridgehead atoms. The van der Waals surface area contributed by atoms with Gasteiger partial charge < -0.3 is 24.8 Å². The van der Waals surface area contributed by atoms with Crippen LogP contribution in [-0.2, 0) is 9.59 Å². The van der Waals surface area contributed by atoms with Crippen molar-refractivity contribution in [1.29, 1.82) is 0 Å². The summed E-state index contributed by atoms with van der Waals surface area (Å²) in [4.78, 5) is 29.0. The number of carbonyl (C=O) groups excluding carboxylic acids is 2. The van der Waals surface area contributed by atoms with Crippen molar-refractivity contribution in [1.82, 2.24) is 5.32 Å². The van der Waals surface area contributed by atoms with Gasteiger partial charge in [-0.15, -0.1) is 11.8 Å². The molecule has 3 aromatic carbocycles. The second kappa shape index (κ2) is 12.1. The van der Waals surface area contributed by atoms with Crippen LogP contribution in [0.1, 0.15) is 42.7 Å². The second-order valence-electron chi connectivity index (χ2n) is 10.1. The number of ether oxygens (including phenoxy) is 3. The summed E-state index contributed by atoms with van der Waals surface area (Å²) in [5.41, 5.74) is 5.21. The summed E-state index contributed by atoms with van der Waals surface area (Å²) in [6.45, 7) is 1.90. The highest BCUT2D eigenvalue weighted by molar-refractivity contribution is 7.98. The van der Waals surface area contributed by atoms with Crippen LogP contribution in [0.15, 0.2) is 94.2 Å². The largest absolute Gasteiger partial charge is 0.495 e. The third kappa shape index (κ3) is 5.57. The molecule has 2 atom stereocenters. The molecule has 8 heteroatoms. The molecule has 1 aliphatic heterocycles. The molecule has 5 rings (SSSR count). The summed E-state index contributed by atoms with van der Waals surface area (Å²) in [6, 6.07) is 21.2. The van der Waals surface area contributed by atoms with Crippen LogP contribution in [0.25, 0.3) is 0 Å².